The van der Waals surface area contributed by atoms with Crippen LogP contribution >= 0.6 is 15.9 Å². The molecule has 1 heterocycles. The predicted molar refractivity (Wildman–Crippen MR) is 73.7 cm³/mol. The highest BCUT2D eigenvalue weighted by Crippen LogP contribution is 2.40. The number of hydrogen-bond donors (Lipinski definition) is 2. The molecule has 1 aromatic heterocycles. The van der Waals surface area contributed by atoms with Crippen LogP contribution in [0.1, 0.15) is 26.2 Å². The Morgan fingerprint density at radius 3 is 2.89 bits per heavy atom. The van der Waals surface area contributed by atoms with Gasteiger partial charge in [0.1, 0.15) is 4.47 Å². The van der Waals surface area contributed by atoms with Crippen LogP contribution in [0, 0.1) is 5.41 Å². The van der Waals surface area contributed by atoms with Gasteiger partial charge in [0.25, 0.3) is 5.56 Å². The third-order valence-electron chi connectivity index (χ3n) is 3.56. The number of nitrogens with one attached hydrogen (secondary N) is 1. The van der Waals surface area contributed by atoms with Crippen LogP contribution in [0.3, 0.4) is 0 Å². The van der Waals surface area contributed by atoms with Crippen molar-refractivity contribution in [3.63, 3.8) is 0 Å². The van der Waals surface area contributed by atoms with Crippen molar-refractivity contribution in [1.82, 2.24) is 9.78 Å². The van der Waals surface area contributed by atoms with E-state index in [9.17, 15) is 4.79 Å². The van der Waals surface area contributed by atoms with Gasteiger partial charge in [-0.3, -0.25) is 4.79 Å². The van der Waals surface area contributed by atoms with Crippen molar-refractivity contribution in [1.29, 1.82) is 0 Å². The summed E-state index contributed by atoms with van der Waals surface area (Å²) < 4.78 is 1.73. The van der Waals surface area contributed by atoms with Crippen LogP contribution in [-0.2, 0) is 6.54 Å². The molecule has 0 atom stereocenters. The van der Waals surface area contributed by atoms with Crippen molar-refractivity contribution in [2.75, 3.05) is 18.5 Å². The Hall–Kier alpha value is -0.880. The molecule has 1 aromatic rings. The number of aliphatic hydroxyl groups excluding tert-OH is 1. The van der Waals surface area contributed by atoms with E-state index in [4.69, 9.17) is 5.11 Å². The summed E-state index contributed by atoms with van der Waals surface area (Å²) in [4.78, 5) is 11.9. The van der Waals surface area contributed by atoms with Crippen molar-refractivity contribution in [3.05, 3.63) is 21.0 Å². The minimum atomic E-state index is -0.215. The molecule has 1 aliphatic rings. The van der Waals surface area contributed by atoms with E-state index in [2.05, 4.69) is 33.3 Å². The molecule has 18 heavy (non-hydrogen) atoms. The van der Waals surface area contributed by atoms with E-state index in [0.717, 1.165) is 12.2 Å². The van der Waals surface area contributed by atoms with Gasteiger partial charge in [0.2, 0.25) is 0 Å². The Morgan fingerprint density at radius 1 is 1.61 bits per heavy atom. The predicted octanol–water partition coefficient (Wildman–Crippen LogP) is 1.60. The van der Waals surface area contributed by atoms with Gasteiger partial charge in [-0.2, -0.15) is 5.10 Å². The third kappa shape index (κ3) is 2.75. The first-order chi connectivity index (χ1) is 8.56. The number of nitrogens with zero attached hydrogens (tertiary/aromatic N) is 2. The highest BCUT2D eigenvalue weighted by Gasteiger charge is 2.31. The van der Waals surface area contributed by atoms with Crippen LogP contribution in [0.4, 0.5) is 5.69 Å². The quantitative estimate of drug-likeness (QED) is 0.866. The highest BCUT2D eigenvalue weighted by atomic mass is 79.9. The fourth-order valence-corrected chi connectivity index (χ4v) is 2.56. The molecule has 5 nitrogen and oxygen atoms in total. The average Bonchev–Trinajstić information content (AvgIpc) is 2.32. The zero-order chi connectivity index (χ0) is 13.2. The molecule has 0 unspecified atom stereocenters. The second-order valence-electron chi connectivity index (χ2n) is 5.14. The largest absolute Gasteiger partial charge is 0.394 e. The molecule has 1 saturated carbocycles. The zero-order valence-electron chi connectivity index (χ0n) is 10.4. The maximum Gasteiger partial charge on any atom is 0.283 e. The monoisotopic (exact) mass is 315 g/mol. The molecule has 1 fully saturated rings. The fourth-order valence-electron chi connectivity index (χ4n) is 2.11. The minimum absolute atomic E-state index is 0.0931. The third-order valence-corrected chi connectivity index (χ3v) is 4.33. The lowest BCUT2D eigenvalue weighted by Crippen LogP contribution is -2.34. The number of aliphatic hydroxyl groups is 1. The molecule has 0 spiro atoms. The summed E-state index contributed by atoms with van der Waals surface area (Å²) in [7, 11) is 0. The van der Waals surface area contributed by atoms with Crippen LogP contribution in [0.15, 0.2) is 15.5 Å². The number of aromatic nitrogens is 2. The lowest BCUT2D eigenvalue weighted by atomic mass is 9.70. The molecule has 2 rings (SSSR count). The first-order valence-electron chi connectivity index (χ1n) is 6.16. The van der Waals surface area contributed by atoms with Crippen LogP contribution in [0.2, 0.25) is 0 Å². The van der Waals surface area contributed by atoms with Gasteiger partial charge in [0.15, 0.2) is 0 Å². The van der Waals surface area contributed by atoms with Crippen LogP contribution in [-0.4, -0.2) is 28.0 Å². The van der Waals surface area contributed by atoms with Gasteiger partial charge >= 0.3 is 0 Å². The summed E-state index contributed by atoms with van der Waals surface area (Å²) in [5, 5.41) is 16.1. The number of hydrogen-bond acceptors (Lipinski definition) is 4. The molecule has 6 heteroatoms. The van der Waals surface area contributed by atoms with E-state index in [0.29, 0.717) is 9.89 Å². The van der Waals surface area contributed by atoms with Crippen molar-refractivity contribution >= 4 is 21.6 Å². The Balaban J connectivity index is 2.09. The van der Waals surface area contributed by atoms with Gasteiger partial charge in [0, 0.05) is 6.54 Å². The van der Waals surface area contributed by atoms with Crippen molar-refractivity contribution < 1.29 is 5.11 Å². The first-order valence-corrected chi connectivity index (χ1v) is 6.95. The van der Waals surface area contributed by atoms with Crippen LogP contribution in [0.5, 0.6) is 0 Å². The molecule has 0 radical (unpaired) electrons. The smallest absolute Gasteiger partial charge is 0.283 e. The summed E-state index contributed by atoms with van der Waals surface area (Å²) in [6.07, 6.45) is 5.37. The Bertz CT molecular complexity index is 483. The molecule has 0 amide bonds. The van der Waals surface area contributed by atoms with E-state index in [1.54, 1.807) is 6.20 Å². The number of anilines is 1. The van der Waals surface area contributed by atoms with Crippen LogP contribution in [0.25, 0.3) is 0 Å². The van der Waals surface area contributed by atoms with Crippen molar-refractivity contribution in [2.45, 2.75) is 32.7 Å². The summed E-state index contributed by atoms with van der Waals surface area (Å²) in [6.45, 7) is 3.23. The molecular formula is C12H18BrN3O2. The van der Waals surface area contributed by atoms with E-state index in [-0.39, 0.29) is 18.7 Å². The molecule has 0 saturated heterocycles. The van der Waals surface area contributed by atoms with E-state index >= 15 is 0 Å². The second kappa shape index (κ2) is 5.40. The summed E-state index contributed by atoms with van der Waals surface area (Å²) >= 11 is 3.29. The van der Waals surface area contributed by atoms with Gasteiger partial charge in [-0.1, -0.05) is 13.3 Å². The second-order valence-corrected chi connectivity index (χ2v) is 5.93. The van der Waals surface area contributed by atoms with Gasteiger partial charge in [-0.25, -0.2) is 4.68 Å². The first kappa shape index (κ1) is 13.5. The Kier molecular flexibility index (Phi) is 4.07. The Morgan fingerprint density at radius 2 is 2.33 bits per heavy atom. The van der Waals surface area contributed by atoms with Crippen molar-refractivity contribution in [3.8, 4) is 0 Å². The van der Waals surface area contributed by atoms with Crippen LogP contribution < -0.4 is 10.9 Å². The lowest BCUT2D eigenvalue weighted by molar-refractivity contribution is 0.180. The lowest BCUT2D eigenvalue weighted by Gasteiger charge is -2.38. The summed E-state index contributed by atoms with van der Waals surface area (Å²) in [5.41, 5.74) is 0.856. The Labute approximate surface area is 114 Å². The van der Waals surface area contributed by atoms with E-state index in [1.807, 2.05) is 0 Å². The van der Waals surface area contributed by atoms with Gasteiger partial charge in [-0.05, 0) is 34.2 Å². The summed E-state index contributed by atoms with van der Waals surface area (Å²) in [6, 6.07) is 0. The van der Waals surface area contributed by atoms with Gasteiger partial charge < -0.3 is 10.4 Å². The number of rotatable bonds is 5. The molecule has 0 aromatic carbocycles. The molecule has 0 aliphatic heterocycles. The maximum absolute atomic E-state index is 11.9. The topological polar surface area (TPSA) is 67.2 Å². The normalized spacial score (nSPS) is 17.3. The summed E-state index contributed by atoms with van der Waals surface area (Å²) in [5.74, 6) is 0. The average molecular weight is 316 g/mol. The molecule has 100 valence electrons. The molecule has 0 bridgehead atoms. The maximum atomic E-state index is 11.9. The standard InChI is InChI=1S/C12H18BrN3O2/c1-12(3-2-4-12)8-14-9-7-15-16(5-6-17)11(18)10(9)13/h7,14,17H,2-6,8H2,1H3. The van der Waals surface area contributed by atoms with Gasteiger partial charge in [-0.15, -0.1) is 0 Å². The van der Waals surface area contributed by atoms with Gasteiger partial charge in [0.05, 0.1) is 25.0 Å². The SMILES string of the molecule is CC1(CNc2cnn(CCO)c(=O)c2Br)CCC1. The van der Waals surface area contributed by atoms with E-state index in [1.165, 1.54) is 23.9 Å². The zero-order valence-corrected chi connectivity index (χ0v) is 12.0. The molecule has 1 aliphatic carbocycles. The molecule has 2 N–H and O–H groups in total. The van der Waals surface area contributed by atoms with E-state index < -0.39 is 0 Å². The highest BCUT2D eigenvalue weighted by molar-refractivity contribution is 9.10. The fraction of sp³-hybridized carbons (Fsp3) is 0.667. The molecular weight excluding hydrogens is 298 g/mol. The number of halogens is 1. The minimum Gasteiger partial charge on any atom is -0.394 e. The van der Waals surface area contributed by atoms with Crippen molar-refractivity contribution in [2.24, 2.45) is 5.41 Å².